The highest BCUT2D eigenvalue weighted by atomic mass is 16.5. The normalized spacial score (nSPS) is 10.9. The van der Waals surface area contributed by atoms with Gasteiger partial charge >= 0.3 is 0 Å². The molecule has 0 radical (unpaired) electrons. The van der Waals surface area contributed by atoms with Crippen LogP contribution in [0.25, 0.3) is 0 Å². The van der Waals surface area contributed by atoms with E-state index in [0.717, 1.165) is 17.7 Å². The van der Waals surface area contributed by atoms with Gasteiger partial charge in [0.05, 0.1) is 6.21 Å². The fraction of sp³-hybridized carbons (Fsp3) is 0.346. The maximum atomic E-state index is 12.1. The fourth-order valence-corrected chi connectivity index (χ4v) is 2.86. The summed E-state index contributed by atoms with van der Waals surface area (Å²) in [7, 11) is 3.38. The summed E-state index contributed by atoms with van der Waals surface area (Å²) in [6.07, 6.45) is 2.38. The molecule has 3 rings (SSSR count). The van der Waals surface area contributed by atoms with E-state index in [2.05, 4.69) is 57.8 Å². The van der Waals surface area contributed by atoms with Crippen LogP contribution < -0.4 is 15.7 Å². The van der Waals surface area contributed by atoms with E-state index in [0.29, 0.717) is 12.3 Å². The lowest BCUT2D eigenvalue weighted by molar-refractivity contribution is -0.115. The maximum absolute atomic E-state index is 12.1. The number of aromatic nitrogens is 3. The maximum Gasteiger partial charge on any atom is 0.274 e. The number of hydrazone groups is 1. The fourth-order valence-electron chi connectivity index (χ4n) is 2.86. The minimum atomic E-state index is -0.371. The van der Waals surface area contributed by atoms with Gasteiger partial charge in [0, 0.05) is 19.5 Å². The first-order valence-electron chi connectivity index (χ1n) is 11.2. The summed E-state index contributed by atoms with van der Waals surface area (Å²) in [4.78, 5) is 25.6. The number of H-pyrrole nitrogens is 1. The lowest BCUT2D eigenvalue weighted by Crippen LogP contribution is -2.28. The van der Waals surface area contributed by atoms with E-state index in [4.69, 9.17) is 4.74 Å². The van der Waals surface area contributed by atoms with E-state index < -0.39 is 0 Å². The molecule has 3 aromatic rings. The molecule has 0 aliphatic rings. The molecular formula is C26H34N6O3. The number of hydrogen-bond acceptors (Lipinski definition) is 7. The number of aryl methyl sites for hydroxylation is 2. The van der Waals surface area contributed by atoms with Gasteiger partial charge < -0.3 is 9.64 Å². The Morgan fingerprint density at radius 2 is 1.74 bits per heavy atom. The number of benzene rings is 2. The van der Waals surface area contributed by atoms with Crippen LogP contribution in [-0.4, -0.2) is 46.8 Å². The van der Waals surface area contributed by atoms with E-state index in [9.17, 15) is 9.59 Å². The van der Waals surface area contributed by atoms with E-state index in [1.54, 1.807) is 20.3 Å². The predicted molar refractivity (Wildman–Crippen MR) is 139 cm³/mol. The third-order valence-corrected chi connectivity index (χ3v) is 4.77. The van der Waals surface area contributed by atoms with Crippen molar-refractivity contribution in [2.75, 3.05) is 19.5 Å². The summed E-state index contributed by atoms with van der Waals surface area (Å²) >= 11 is 0. The first-order chi connectivity index (χ1) is 16.5. The summed E-state index contributed by atoms with van der Waals surface area (Å²) in [5.74, 6) is 0.978. The average molecular weight is 479 g/mol. The molecule has 1 aromatic heterocycles. The predicted octanol–water partition coefficient (Wildman–Crippen LogP) is 3.81. The highest BCUT2D eigenvalue weighted by molar-refractivity contribution is 5.80. The first-order valence-corrected chi connectivity index (χ1v) is 11.2. The van der Waals surface area contributed by atoms with Gasteiger partial charge in [-0.1, -0.05) is 44.5 Å². The van der Waals surface area contributed by atoms with Gasteiger partial charge in [0.2, 0.25) is 12.4 Å². The first kappa shape index (κ1) is 27.2. The van der Waals surface area contributed by atoms with E-state index in [-0.39, 0.29) is 16.9 Å². The Kier molecular flexibility index (Phi) is 9.69. The number of aromatic amines is 1. The molecule has 35 heavy (non-hydrogen) atoms. The molecule has 0 unspecified atom stereocenters. The molecule has 1 heterocycles. The van der Waals surface area contributed by atoms with Crippen LogP contribution in [0, 0.1) is 13.8 Å². The van der Waals surface area contributed by atoms with Crippen LogP contribution in [0.1, 0.15) is 48.7 Å². The Hall–Kier alpha value is -4.01. The number of ether oxygens (including phenoxy) is 1. The van der Waals surface area contributed by atoms with Crippen molar-refractivity contribution < 1.29 is 9.53 Å². The van der Waals surface area contributed by atoms with Crippen molar-refractivity contribution in [3.63, 3.8) is 0 Å². The minimum Gasteiger partial charge on any atom is -0.489 e. The highest BCUT2D eigenvalue weighted by Crippen LogP contribution is 2.17. The average Bonchev–Trinajstić information content (AvgIpc) is 2.79. The Morgan fingerprint density at radius 1 is 1.09 bits per heavy atom. The second-order valence-corrected chi connectivity index (χ2v) is 9.33. The standard InChI is InChI=1S/C23H27N5O2.C3H7NO/c1-15-6-9-18(16(2)12-15)14-30-19-10-7-17(8-11-19)13-24-27-22-25-21(29)20(26-28-22)23(3,4)5;1-4(2)3-5/h6-13H,14H2,1-5H3,(H2,25,27,28,29);3H,1-2H3/b24-13+;. The molecule has 0 bridgehead atoms. The second kappa shape index (κ2) is 12.5. The van der Waals surface area contributed by atoms with Crippen molar-refractivity contribution in [2.24, 2.45) is 5.10 Å². The molecule has 0 atom stereocenters. The van der Waals surface area contributed by atoms with Gasteiger partial charge in [-0.2, -0.15) is 5.10 Å². The SMILES string of the molecule is CN(C)C=O.Cc1ccc(COc2ccc(/C=N/Nc3nnc(C(C)(C)C)c(=O)[nH]3)cc2)c(C)c1. The molecule has 0 saturated carbocycles. The van der Waals surface area contributed by atoms with Gasteiger partial charge in [0.25, 0.3) is 5.56 Å². The van der Waals surface area contributed by atoms with Gasteiger partial charge in [-0.3, -0.25) is 14.6 Å². The van der Waals surface area contributed by atoms with Crippen molar-refractivity contribution in [2.45, 2.75) is 46.6 Å². The second-order valence-electron chi connectivity index (χ2n) is 9.33. The summed E-state index contributed by atoms with van der Waals surface area (Å²) in [6.45, 7) is 10.4. The topological polar surface area (TPSA) is 113 Å². The van der Waals surface area contributed by atoms with E-state index in [1.165, 1.54) is 21.6 Å². The van der Waals surface area contributed by atoms with E-state index >= 15 is 0 Å². The Bertz CT molecular complexity index is 1190. The Labute approximate surface area is 206 Å². The van der Waals surface area contributed by atoms with Gasteiger partial charge in [-0.25, -0.2) is 5.43 Å². The lowest BCUT2D eigenvalue weighted by atomic mass is 9.93. The molecule has 1 amide bonds. The largest absolute Gasteiger partial charge is 0.489 e. The van der Waals surface area contributed by atoms with Crippen molar-refractivity contribution >= 4 is 18.6 Å². The lowest BCUT2D eigenvalue weighted by Gasteiger charge is -2.15. The number of anilines is 1. The summed E-state index contributed by atoms with van der Waals surface area (Å²) in [5, 5.41) is 12.1. The Balaban J connectivity index is 0.000000784. The van der Waals surface area contributed by atoms with Gasteiger partial charge in [0.1, 0.15) is 18.1 Å². The zero-order valence-electron chi connectivity index (χ0n) is 21.4. The number of carbonyl (C=O) groups is 1. The molecular weight excluding hydrogens is 444 g/mol. The van der Waals surface area contributed by atoms with Crippen molar-refractivity contribution in [1.82, 2.24) is 20.1 Å². The van der Waals surface area contributed by atoms with Gasteiger partial charge in [-0.05, 0) is 54.8 Å². The van der Waals surface area contributed by atoms with Crippen LogP contribution >= 0.6 is 0 Å². The quantitative estimate of drug-likeness (QED) is 0.303. The molecule has 0 aliphatic carbocycles. The zero-order chi connectivity index (χ0) is 26.0. The molecule has 0 spiro atoms. The van der Waals surface area contributed by atoms with Crippen molar-refractivity contribution in [3.8, 4) is 5.75 Å². The molecule has 0 fully saturated rings. The van der Waals surface area contributed by atoms with Crippen LogP contribution in [0.5, 0.6) is 5.75 Å². The third-order valence-electron chi connectivity index (χ3n) is 4.77. The molecule has 2 aromatic carbocycles. The van der Waals surface area contributed by atoms with Gasteiger partial charge in [-0.15, -0.1) is 10.2 Å². The number of nitrogens with zero attached hydrogens (tertiary/aromatic N) is 4. The number of hydrogen-bond donors (Lipinski definition) is 2. The highest BCUT2D eigenvalue weighted by Gasteiger charge is 2.20. The van der Waals surface area contributed by atoms with Crippen LogP contribution in [-0.2, 0) is 16.8 Å². The third kappa shape index (κ3) is 9.04. The molecule has 0 aliphatic heterocycles. The number of carbonyl (C=O) groups excluding carboxylic acids is 1. The van der Waals surface area contributed by atoms with Crippen molar-refractivity contribution in [3.05, 3.63) is 80.8 Å². The summed E-state index contributed by atoms with van der Waals surface area (Å²) < 4.78 is 5.88. The van der Waals surface area contributed by atoms with Crippen LogP contribution in [0.2, 0.25) is 0 Å². The monoisotopic (exact) mass is 478 g/mol. The van der Waals surface area contributed by atoms with Crippen LogP contribution in [0.3, 0.4) is 0 Å². The number of nitrogens with one attached hydrogen (secondary N) is 2. The summed E-state index contributed by atoms with van der Waals surface area (Å²) in [6, 6.07) is 13.9. The smallest absolute Gasteiger partial charge is 0.274 e. The van der Waals surface area contributed by atoms with Crippen molar-refractivity contribution in [1.29, 1.82) is 0 Å². The molecule has 2 N–H and O–H groups in total. The van der Waals surface area contributed by atoms with E-state index in [1.807, 2.05) is 45.0 Å². The molecule has 0 saturated heterocycles. The Morgan fingerprint density at radius 3 is 2.29 bits per heavy atom. The molecule has 9 heteroatoms. The zero-order valence-corrected chi connectivity index (χ0v) is 21.4. The molecule has 9 nitrogen and oxygen atoms in total. The van der Waals surface area contributed by atoms with Gasteiger partial charge in [0.15, 0.2) is 0 Å². The van der Waals surface area contributed by atoms with Crippen LogP contribution in [0.4, 0.5) is 5.95 Å². The number of rotatable bonds is 7. The van der Waals surface area contributed by atoms with Crippen LogP contribution in [0.15, 0.2) is 52.4 Å². The number of amides is 1. The molecule has 186 valence electrons. The minimum absolute atomic E-state index is 0.192. The summed E-state index contributed by atoms with van der Waals surface area (Å²) in [5.41, 5.74) is 6.94.